The number of aromatic nitrogens is 2. The Balaban J connectivity index is 1.99. The Morgan fingerprint density at radius 2 is 2.33 bits per heavy atom. The van der Waals surface area contributed by atoms with Gasteiger partial charge in [-0.2, -0.15) is 5.10 Å². The Bertz CT molecular complexity index is 369. The van der Waals surface area contributed by atoms with E-state index in [1.165, 1.54) is 25.0 Å². The highest BCUT2D eigenvalue weighted by Crippen LogP contribution is 2.20. The van der Waals surface area contributed by atoms with Gasteiger partial charge < -0.3 is 10.2 Å². The van der Waals surface area contributed by atoms with Crippen LogP contribution >= 0.6 is 11.6 Å². The van der Waals surface area contributed by atoms with E-state index in [1.807, 2.05) is 0 Å². The predicted octanol–water partition coefficient (Wildman–Crippen LogP) is 1.78. The van der Waals surface area contributed by atoms with Gasteiger partial charge in [-0.3, -0.25) is 4.68 Å². The number of piperidine rings is 1. The minimum atomic E-state index is 0.561. The molecule has 0 radical (unpaired) electrons. The molecule has 0 aliphatic carbocycles. The van der Waals surface area contributed by atoms with Crippen molar-refractivity contribution in [1.82, 2.24) is 20.0 Å². The fraction of sp³-hybridized carbons (Fsp3) is 0.769. The molecule has 1 aromatic rings. The molecule has 1 aliphatic heterocycles. The summed E-state index contributed by atoms with van der Waals surface area (Å²) in [5.74, 6) is 0. The van der Waals surface area contributed by atoms with E-state index in [0.717, 1.165) is 31.1 Å². The molecule has 2 heterocycles. The molecule has 0 spiro atoms. The van der Waals surface area contributed by atoms with Gasteiger partial charge in [0.1, 0.15) is 0 Å². The fourth-order valence-electron chi connectivity index (χ4n) is 2.41. The second kappa shape index (κ2) is 6.55. The molecule has 1 aromatic heterocycles. The van der Waals surface area contributed by atoms with Crippen molar-refractivity contribution in [2.75, 3.05) is 27.2 Å². The largest absolute Gasteiger partial charge is 0.314 e. The van der Waals surface area contributed by atoms with Crippen LogP contribution in [0.15, 0.2) is 6.20 Å². The highest BCUT2D eigenvalue weighted by Gasteiger charge is 2.17. The lowest BCUT2D eigenvalue weighted by Crippen LogP contribution is -2.36. The van der Waals surface area contributed by atoms with Crippen LogP contribution in [0.2, 0.25) is 5.02 Å². The van der Waals surface area contributed by atoms with Gasteiger partial charge in [-0.15, -0.1) is 0 Å². The van der Waals surface area contributed by atoms with E-state index >= 15 is 0 Å². The third-order valence-electron chi connectivity index (χ3n) is 3.51. The van der Waals surface area contributed by atoms with Gasteiger partial charge in [0.15, 0.2) is 0 Å². The van der Waals surface area contributed by atoms with Crippen molar-refractivity contribution < 1.29 is 0 Å². The summed E-state index contributed by atoms with van der Waals surface area (Å²) in [5.41, 5.74) is 1.18. The van der Waals surface area contributed by atoms with Gasteiger partial charge in [0.05, 0.1) is 23.5 Å². The summed E-state index contributed by atoms with van der Waals surface area (Å²) in [7, 11) is 4.15. The minimum absolute atomic E-state index is 0.561. The summed E-state index contributed by atoms with van der Waals surface area (Å²) in [6, 6.07) is 0.561. The van der Waals surface area contributed by atoms with Crippen LogP contribution in [-0.4, -0.2) is 47.9 Å². The van der Waals surface area contributed by atoms with Crippen LogP contribution in [0.25, 0.3) is 0 Å². The summed E-state index contributed by atoms with van der Waals surface area (Å²) in [6.45, 7) is 3.03. The summed E-state index contributed by atoms with van der Waals surface area (Å²) >= 11 is 6.25. The first-order valence-electron chi connectivity index (χ1n) is 6.75. The first-order chi connectivity index (χ1) is 8.66. The maximum atomic E-state index is 6.25. The van der Waals surface area contributed by atoms with Crippen molar-refractivity contribution in [3.8, 4) is 0 Å². The molecule has 102 valence electrons. The Hall–Kier alpha value is -0.580. The summed E-state index contributed by atoms with van der Waals surface area (Å²) in [4.78, 5) is 2.16. The molecule has 2 rings (SSSR count). The second-order valence-electron chi connectivity index (χ2n) is 5.32. The summed E-state index contributed by atoms with van der Waals surface area (Å²) in [6.07, 6.45) is 6.63. The minimum Gasteiger partial charge on any atom is -0.314 e. The van der Waals surface area contributed by atoms with Crippen LogP contribution in [0.1, 0.15) is 25.0 Å². The Labute approximate surface area is 114 Å². The van der Waals surface area contributed by atoms with Gasteiger partial charge >= 0.3 is 0 Å². The van der Waals surface area contributed by atoms with Gasteiger partial charge in [-0.1, -0.05) is 18.0 Å². The van der Waals surface area contributed by atoms with Crippen LogP contribution in [0.5, 0.6) is 0 Å². The molecule has 1 atom stereocenters. The first kappa shape index (κ1) is 13.8. The monoisotopic (exact) mass is 270 g/mol. The zero-order valence-electron chi connectivity index (χ0n) is 11.3. The van der Waals surface area contributed by atoms with E-state index in [4.69, 9.17) is 11.6 Å². The molecular weight excluding hydrogens is 248 g/mol. The average molecular weight is 271 g/mol. The summed E-state index contributed by atoms with van der Waals surface area (Å²) < 4.78 is 2.05. The van der Waals surface area contributed by atoms with Gasteiger partial charge in [0, 0.05) is 19.0 Å². The SMILES string of the molecule is CN(C)CCn1ncc(Cl)c1CC1CCCCN1. The van der Waals surface area contributed by atoms with Gasteiger partial charge in [0.2, 0.25) is 0 Å². The number of halogens is 1. The molecule has 1 unspecified atom stereocenters. The fourth-order valence-corrected chi connectivity index (χ4v) is 2.63. The molecule has 0 saturated carbocycles. The number of nitrogens with one attached hydrogen (secondary N) is 1. The molecule has 0 amide bonds. The van der Waals surface area contributed by atoms with Crippen LogP contribution in [0, 0.1) is 0 Å². The molecule has 18 heavy (non-hydrogen) atoms. The van der Waals surface area contributed by atoms with Crippen molar-refractivity contribution in [3.63, 3.8) is 0 Å². The molecular formula is C13H23ClN4. The Morgan fingerprint density at radius 1 is 1.50 bits per heavy atom. The number of likely N-dealkylation sites (N-methyl/N-ethyl adjacent to an activating group) is 1. The maximum Gasteiger partial charge on any atom is 0.0818 e. The van der Waals surface area contributed by atoms with E-state index in [-0.39, 0.29) is 0 Å². The standard InChI is InChI=1S/C13H23ClN4/c1-17(2)7-8-18-13(12(14)10-16-18)9-11-5-3-4-6-15-11/h10-11,15H,3-9H2,1-2H3. The van der Waals surface area contributed by atoms with Crippen LogP contribution < -0.4 is 5.32 Å². The average Bonchev–Trinajstić information content (AvgIpc) is 2.70. The first-order valence-corrected chi connectivity index (χ1v) is 7.13. The molecule has 5 heteroatoms. The molecule has 0 bridgehead atoms. The van der Waals surface area contributed by atoms with E-state index in [9.17, 15) is 0 Å². The lowest BCUT2D eigenvalue weighted by atomic mass is 10.0. The van der Waals surface area contributed by atoms with Crippen LogP contribution in [-0.2, 0) is 13.0 Å². The highest BCUT2D eigenvalue weighted by molar-refractivity contribution is 6.31. The number of rotatable bonds is 5. The van der Waals surface area contributed by atoms with Crippen molar-refractivity contribution >= 4 is 11.6 Å². The van der Waals surface area contributed by atoms with Crippen molar-refractivity contribution in [2.45, 2.75) is 38.3 Å². The predicted molar refractivity (Wildman–Crippen MR) is 75.1 cm³/mol. The molecule has 1 fully saturated rings. The van der Waals surface area contributed by atoms with Crippen LogP contribution in [0.3, 0.4) is 0 Å². The van der Waals surface area contributed by atoms with E-state index < -0.39 is 0 Å². The van der Waals surface area contributed by atoms with E-state index in [1.54, 1.807) is 6.20 Å². The quantitative estimate of drug-likeness (QED) is 0.886. The number of hydrogen-bond acceptors (Lipinski definition) is 3. The maximum absolute atomic E-state index is 6.25. The van der Waals surface area contributed by atoms with Gasteiger partial charge in [-0.25, -0.2) is 0 Å². The molecule has 1 saturated heterocycles. The van der Waals surface area contributed by atoms with Gasteiger partial charge in [0.25, 0.3) is 0 Å². The normalized spacial score (nSPS) is 20.6. The smallest absolute Gasteiger partial charge is 0.0818 e. The number of nitrogens with zero attached hydrogens (tertiary/aromatic N) is 3. The van der Waals surface area contributed by atoms with Crippen molar-refractivity contribution in [1.29, 1.82) is 0 Å². The molecule has 1 N–H and O–H groups in total. The lowest BCUT2D eigenvalue weighted by Gasteiger charge is -2.24. The molecule has 0 aromatic carbocycles. The second-order valence-corrected chi connectivity index (χ2v) is 5.72. The highest BCUT2D eigenvalue weighted by atomic mass is 35.5. The summed E-state index contributed by atoms with van der Waals surface area (Å²) in [5, 5.41) is 8.76. The zero-order chi connectivity index (χ0) is 13.0. The third kappa shape index (κ3) is 3.70. The zero-order valence-corrected chi connectivity index (χ0v) is 12.1. The molecule has 1 aliphatic rings. The van der Waals surface area contributed by atoms with Crippen molar-refractivity contribution in [2.24, 2.45) is 0 Å². The number of hydrogen-bond donors (Lipinski definition) is 1. The molecule has 4 nitrogen and oxygen atoms in total. The van der Waals surface area contributed by atoms with E-state index in [0.29, 0.717) is 6.04 Å². The van der Waals surface area contributed by atoms with Gasteiger partial charge in [-0.05, 0) is 33.5 Å². The van der Waals surface area contributed by atoms with Crippen LogP contribution in [0.4, 0.5) is 0 Å². The van der Waals surface area contributed by atoms with E-state index in [2.05, 4.69) is 34.1 Å². The topological polar surface area (TPSA) is 33.1 Å². The van der Waals surface area contributed by atoms with Crippen molar-refractivity contribution in [3.05, 3.63) is 16.9 Å². The Kier molecular flexibility index (Phi) is 5.03. The third-order valence-corrected chi connectivity index (χ3v) is 3.82. The lowest BCUT2D eigenvalue weighted by molar-refractivity contribution is 0.358. The Morgan fingerprint density at radius 3 is 3.00 bits per heavy atom.